The average molecular weight is 325 g/mol. The molecule has 0 amide bonds. The van der Waals surface area contributed by atoms with Gasteiger partial charge in [0.15, 0.2) is 0 Å². The van der Waals surface area contributed by atoms with Crippen LogP contribution in [0.5, 0.6) is 0 Å². The van der Waals surface area contributed by atoms with Crippen LogP contribution in [0, 0.1) is 0 Å². The standard InChI is InChI=1S/C15H15BrClN/c16-14-6-7-15(17)13(10-14)11-18-9-8-12-4-2-1-3-5-12/h1-7,10,18H,8-9,11H2. The predicted octanol–water partition coefficient (Wildman–Crippen LogP) is 4.43. The predicted molar refractivity (Wildman–Crippen MR) is 81.0 cm³/mol. The highest BCUT2D eigenvalue weighted by molar-refractivity contribution is 9.10. The monoisotopic (exact) mass is 323 g/mol. The second-order valence-electron chi connectivity index (χ2n) is 4.15. The third-order valence-corrected chi connectivity index (χ3v) is 3.62. The van der Waals surface area contributed by atoms with Gasteiger partial charge in [-0.1, -0.05) is 57.9 Å². The van der Waals surface area contributed by atoms with Crippen LogP contribution in [0.1, 0.15) is 11.1 Å². The van der Waals surface area contributed by atoms with E-state index in [1.807, 2.05) is 18.2 Å². The summed E-state index contributed by atoms with van der Waals surface area (Å²) in [4.78, 5) is 0. The average Bonchev–Trinajstić information content (AvgIpc) is 2.40. The maximum Gasteiger partial charge on any atom is 0.0451 e. The Morgan fingerprint density at radius 1 is 1.06 bits per heavy atom. The Morgan fingerprint density at radius 2 is 1.83 bits per heavy atom. The van der Waals surface area contributed by atoms with Crippen LogP contribution in [-0.2, 0) is 13.0 Å². The van der Waals surface area contributed by atoms with Crippen LogP contribution in [0.4, 0.5) is 0 Å². The number of hydrogen-bond donors (Lipinski definition) is 1. The zero-order chi connectivity index (χ0) is 12.8. The van der Waals surface area contributed by atoms with E-state index in [0.29, 0.717) is 0 Å². The van der Waals surface area contributed by atoms with Gasteiger partial charge in [-0.3, -0.25) is 0 Å². The molecular formula is C15H15BrClN. The van der Waals surface area contributed by atoms with E-state index in [4.69, 9.17) is 11.6 Å². The van der Waals surface area contributed by atoms with Crippen LogP contribution < -0.4 is 5.32 Å². The summed E-state index contributed by atoms with van der Waals surface area (Å²) in [6, 6.07) is 16.4. The summed E-state index contributed by atoms with van der Waals surface area (Å²) >= 11 is 9.59. The minimum atomic E-state index is 0.797. The third-order valence-electron chi connectivity index (χ3n) is 2.76. The van der Waals surface area contributed by atoms with Gasteiger partial charge < -0.3 is 5.32 Å². The van der Waals surface area contributed by atoms with Crippen molar-refractivity contribution < 1.29 is 0 Å². The summed E-state index contributed by atoms with van der Waals surface area (Å²) in [6.07, 6.45) is 1.03. The highest BCUT2D eigenvalue weighted by Gasteiger charge is 2.00. The van der Waals surface area contributed by atoms with E-state index in [1.54, 1.807) is 0 Å². The van der Waals surface area contributed by atoms with Crippen LogP contribution in [0.25, 0.3) is 0 Å². The first kappa shape index (κ1) is 13.6. The molecule has 0 aliphatic heterocycles. The van der Waals surface area contributed by atoms with Gasteiger partial charge in [0.2, 0.25) is 0 Å². The fourth-order valence-electron chi connectivity index (χ4n) is 1.78. The van der Waals surface area contributed by atoms with Crippen LogP contribution >= 0.6 is 27.5 Å². The molecule has 1 N–H and O–H groups in total. The molecule has 0 radical (unpaired) electrons. The molecule has 0 aliphatic rings. The van der Waals surface area contributed by atoms with Gasteiger partial charge >= 0.3 is 0 Å². The summed E-state index contributed by atoms with van der Waals surface area (Å²) in [7, 11) is 0. The van der Waals surface area contributed by atoms with Crippen molar-refractivity contribution in [3.8, 4) is 0 Å². The molecule has 0 spiro atoms. The first-order valence-electron chi connectivity index (χ1n) is 5.94. The van der Waals surface area contributed by atoms with E-state index in [9.17, 15) is 0 Å². The van der Waals surface area contributed by atoms with Crippen LogP contribution in [0.2, 0.25) is 5.02 Å². The molecule has 2 aromatic rings. The number of nitrogens with one attached hydrogen (secondary N) is 1. The van der Waals surface area contributed by atoms with Crippen molar-refractivity contribution >= 4 is 27.5 Å². The van der Waals surface area contributed by atoms with E-state index in [2.05, 4.69) is 51.6 Å². The molecule has 0 saturated carbocycles. The van der Waals surface area contributed by atoms with Crippen LogP contribution in [-0.4, -0.2) is 6.54 Å². The summed E-state index contributed by atoms with van der Waals surface area (Å²) in [5.41, 5.74) is 2.48. The Labute approximate surface area is 121 Å². The summed E-state index contributed by atoms with van der Waals surface area (Å²) in [5, 5.41) is 4.22. The maximum atomic E-state index is 6.13. The quantitative estimate of drug-likeness (QED) is 0.802. The van der Waals surface area contributed by atoms with E-state index in [-0.39, 0.29) is 0 Å². The van der Waals surface area contributed by atoms with Crippen LogP contribution in [0.3, 0.4) is 0 Å². The summed E-state index contributed by atoms with van der Waals surface area (Å²) in [5.74, 6) is 0. The number of hydrogen-bond acceptors (Lipinski definition) is 1. The summed E-state index contributed by atoms with van der Waals surface area (Å²) in [6.45, 7) is 1.75. The lowest BCUT2D eigenvalue weighted by Gasteiger charge is -2.07. The summed E-state index contributed by atoms with van der Waals surface area (Å²) < 4.78 is 1.06. The van der Waals surface area contributed by atoms with Crippen molar-refractivity contribution in [2.75, 3.05) is 6.54 Å². The molecule has 0 fully saturated rings. The zero-order valence-electron chi connectivity index (χ0n) is 10.00. The Balaban J connectivity index is 1.80. The molecule has 2 rings (SSSR count). The van der Waals surface area contributed by atoms with Gasteiger partial charge in [0.1, 0.15) is 0 Å². The first-order valence-corrected chi connectivity index (χ1v) is 7.11. The van der Waals surface area contributed by atoms with Crippen molar-refractivity contribution in [3.63, 3.8) is 0 Å². The maximum absolute atomic E-state index is 6.13. The Bertz CT molecular complexity index is 499. The minimum Gasteiger partial charge on any atom is -0.312 e. The lowest BCUT2D eigenvalue weighted by atomic mass is 10.1. The number of halogens is 2. The van der Waals surface area contributed by atoms with Crippen LogP contribution in [0.15, 0.2) is 53.0 Å². The van der Waals surface area contributed by atoms with Gasteiger partial charge in [0, 0.05) is 16.0 Å². The van der Waals surface area contributed by atoms with Crippen molar-refractivity contribution in [2.45, 2.75) is 13.0 Å². The number of benzene rings is 2. The highest BCUT2D eigenvalue weighted by Crippen LogP contribution is 2.20. The van der Waals surface area contributed by atoms with E-state index in [1.165, 1.54) is 5.56 Å². The molecule has 0 saturated heterocycles. The largest absolute Gasteiger partial charge is 0.312 e. The molecule has 0 heterocycles. The molecule has 0 aliphatic carbocycles. The fourth-order valence-corrected chi connectivity index (χ4v) is 2.37. The van der Waals surface area contributed by atoms with Crippen molar-refractivity contribution in [1.82, 2.24) is 5.32 Å². The Kier molecular flexibility index (Phi) is 5.24. The van der Waals surface area contributed by atoms with Gasteiger partial charge in [-0.05, 0) is 42.3 Å². The lowest BCUT2D eigenvalue weighted by molar-refractivity contribution is 0.687. The van der Waals surface area contributed by atoms with Crippen molar-refractivity contribution in [1.29, 1.82) is 0 Å². The van der Waals surface area contributed by atoms with Gasteiger partial charge in [-0.15, -0.1) is 0 Å². The highest BCUT2D eigenvalue weighted by atomic mass is 79.9. The van der Waals surface area contributed by atoms with Gasteiger partial charge in [0.25, 0.3) is 0 Å². The molecule has 3 heteroatoms. The molecular weight excluding hydrogens is 310 g/mol. The Hall–Kier alpha value is -0.830. The zero-order valence-corrected chi connectivity index (χ0v) is 12.3. The SMILES string of the molecule is Clc1ccc(Br)cc1CNCCc1ccccc1. The second-order valence-corrected chi connectivity index (χ2v) is 5.47. The molecule has 0 atom stereocenters. The topological polar surface area (TPSA) is 12.0 Å². The van der Waals surface area contributed by atoms with Gasteiger partial charge in [0.05, 0.1) is 0 Å². The van der Waals surface area contributed by atoms with Crippen molar-refractivity contribution in [2.24, 2.45) is 0 Å². The first-order chi connectivity index (χ1) is 8.75. The Morgan fingerprint density at radius 3 is 2.61 bits per heavy atom. The molecule has 2 aromatic carbocycles. The third kappa shape index (κ3) is 4.13. The van der Waals surface area contributed by atoms with Crippen molar-refractivity contribution in [3.05, 3.63) is 69.2 Å². The molecule has 94 valence electrons. The molecule has 0 unspecified atom stereocenters. The van der Waals surface area contributed by atoms with Gasteiger partial charge in [-0.25, -0.2) is 0 Å². The fraction of sp³-hybridized carbons (Fsp3) is 0.200. The van der Waals surface area contributed by atoms with Gasteiger partial charge in [-0.2, -0.15) is 0 Å². The molecule has 0 bridgehead atoms. The van der Waals surface area contributed by atoms with E-state index < -0.39 is 0 Å². The van der Waals surface area contributed by atoms with E-state index >= 15 is 0 Å². The lowest BCUT2D eigenvalue weighted by Crippen LogP contribution is -2.16. The molecule has 1 nitrogen and oxygen atoms in total. The number of rotatable bonds is 5. The van der Waals surface area contributed by atoms with E-state index in [0.717, 1.165) is 34.6 Å². The second kappa shape index (κ2) is 6.93. The minimum absolute atomic E-state index is 0.797. The molecule has 0 aromatic heterocycles. The smallest absolute Gasteiger partial charge is 0.0451 e. The molecule has 18 heavy (non-hydrogen) atoms. The normalized spacial score (nSPS) is 10.6.